The van der Waals surface area contributed by atoms with Gasteiger partial charge in [-0.15, -0.1) is 0 Å². The summed E-state index contributed by atoms with van der Waals surface area (Å²) in [6, 6.07) is 27.6. The van der Waals surface area contributed by atoms with Gasteiger partial charge in [0.2, 0.25) is 0 Å². The van der Waals surface area contributed by atoms with E-state index in [0.717, 1.165) is 16.7 Å². The molecule has 8 nitrogen and oxygen atoms in total. The number of alkyl carbamates (subject to hydrolysis) is 1. The maximum atomic E-state index is 13.3. The summed E-state index contributed by atoms with van der Waals surface area (Å²) in [7, 11) is -1.61. The summed E-state index contributed by atoms with van der Waals surface area (Å²) >= 11 is 0. The summed E-state index contributed by atoms with van der Waals surface area (Å²) in [4.78, 5) is 26.2. The van der Waals surface area contributed by atoms with Gasteiger partial charge in [-0.1, -0.05) is 91.0 Å². The number of hydrogen-bond acceptors (Lipinski definition) is 7. The van der Waals surface area contributed by atoms with E-state index in [0.29, 0.717) is 6.61 Å². The van der Waals surface area contributed by atoms with Crippen LogP contribution in [0.2, 0.25) is 0 Å². The Morgan fingerprint density at radius 2 is 1.12 bits per heavy atom. The van der Waals surface area contributed by atoms with Gasteiger partial charge in [0.1, 0.15) is 13.2 Å². The highest BCUT2D eigenvalue weighted by molar-refractivity contribution is 7.44. The van der Waals surface area contributed by atoms with Gasteiger partial charge in [0.25, 0.3) is 8.53 Å². The molecule has 3 aromatic rings. The molecule has 0 saturated carbocycles. The van der Waals surface area contributed by atoms with Crippen molar-refractivity contribution in [1.29, 1.82) is 0 Å². The van der Waals surface area contributed by atoms with Crippen molar-refractivity contribution in [3.8, 4) is 0 Å². The molecule has 0 aromatic heterocycles. The number of nitrogens with zero attached hydrogens (tertiary/aromatic N) is 1. The first-order valence-electron chi connectivity index (χ1n) is 13.8. The number of amides is 1. The molecule has 0 spiro atoms. The van der Waals surface area contributed by atoms with Crippen molar-refractivity contribution in [3.63, 3.8) is 0 Å². The summed E-state index contributed by atoms with van der Waals surface area (Å²) in [6.45, 7) is 10.5. The first-order chi connectivity index (χ1) is 19.7. The van der Waals surface area contributed by atoms with Crippen LogP contribution in [0, 0.1) is 0 Å². The molecule has 0 bridgehead atoms. The SMILES string of the molecule is CC(C)N(C(C)C)P(OCc1ccccc1)O[C@H](C)[C@H](NC(=O)OCc1ccccc1)C(=O)OCc1ccccc1. The Kier molecular flexibility index (Phi) is 13.2. The molecule has 0 aliphatic carbocycles. The van der Waals surface area contributed by atoms with Gasteiger partial charge in [0, 0.05) is 12.1 Å². The lowest BCUT2D eigenvalue weighted by molar-refractivity contribution is -0.149. The quantitative estimate of drug-likeness (QED) is 0.153. The van der Waals surface area contributed by atoms with E-state index < -0.39 is 32.7 Å². The highest BCUT2D eigenvalue weighted by Gasteiger charge is 2.36. The molecular formula is C32H41N2O6P. The van der Waals surface area contributed by atoms with Crippen LogP contribution < -0.4 is 5.32 Å². The number of nitrogens with one attached hydrogen (secondary N) is 1. The average Bonchev–Trinajstić information content (AvgIpc) is 2.97. The average molecular weight is 581 g/mol. The highest BCUT2D eigenvalue weighted by Crippen LogP contribution is 2.48. The van der Waals surface area contributed by atoms with Gasteiger partial charge < -0.3 is 23.8 Å². The number of carbonyl (C=O) groups excluding carboxylic acids is 2. The van der Waals surface area contributed by atoms with E-state index in [9.17, 15) is 9.59 Å². The maximum absolute atomic E-state index is 13.3. The third-order valence-corrected chi connectivity index (χ3v) is 8.28. The lowest BCUT2D eigenvalue weighted by Gasteiger charge is -2.37. The molecule has 1 unspecified atom stereocenters. The van der Waals surface area contributed by atoms with Crippen LogP contribution in [-0.4, -0.2) is 41.0 Å². The Morgan fingerprint density at radius 3 is 1.59 bits per heavy atom. The number of carbonyl (C=O) groups is 2. The predicted octanol–water partition coefficient (Wildman–Crippen LogP) is 6.99. The topological polar surface area (TPSA) is 86.3 Å². The third-order valence-electron chi connectivity index (χ3n) is 6.12. The standard InChI is InChI=1S/C32H41N2O6P/c1-24(2)34(25(3)4)41(39-23-29-19-13-8-14-20-29)40-26(5)30(31(35)37-21-27-15-9-6-10-16-27)33-32(36)38-22-28-17-11-7-12-18-28/h6-20,24-26,30H,21-23H2,1-5H3,(H,33,36)/t26-,30+,41?/m1/s1. The van der Waals surface area contributed by atoms with E-state index >= 15 is 0 Å². The van der Waals surface area contributed by atoms with E-state index in [2.05, 4.69) is 37.7 Å². The number of esters is 1. The highest BCUT2D eigenvalue weighted by atomic mass is 31.2. The van der Waals surface area contributed by atoms with Crippen LogP contribution in [-0.2, 0) is 43.1 Å². The van der Waals surface area contributed by atoms with Crippen molar-refractivity contribution >= 4 is 20.6 Å². The number of ether oxygens (including phenoxy) is 2. The van der Waals surface area contributed by atoms with Crippen molar-refractivity contribution in [2.75, 3.05) is 0 Å². The molecule has 0 aliphatic heterocycles. The maximum Gasteiger partial charge on any atom is 0.408 e. The Balaban J connectivity index is 1.76. The summed E-state index contributed by atoms with van der Waals surface area (Å²) < 4.78 is 25.9. The number of hydrogen-bond donors (Lipinski definition) is 1. The Labute approximate surface area is 244 Å². The van der Waals surface area contributed by atoms with Gasteiger partial charge in [-0.05, 0) is 51.3 Å². The van der Waals surface area contributed by atoms with Crippen LogP contribution in [0.15, 0.2) is 91.0 Å². The van der Waals surface area contributed by atoms with Gasteiger partial charge in [0.05, 0.1) is 12.7 Å². The van der Waals surface area contributed by atoms with E-state index in [4.69, 9.17) is 18.5 Å². The molecule has 220 valence electrons. The minimum absolute atomic E-state index is 0.0625. The molecule has 3 rings (SSSR count). The van der Waals surface area contributed by atoms with Gasteiger partial charge in [-0.2, -0.15) is 0 Å². The van der Waals surface area contributed by atoms with Crippen molar-refractivity contribution in [1.82, 2.24) is 9.99 Å². The molecule has 3 atom stereocenters. The third kappa shape index (κ3) is 10.9. The molecule has 0 saturated heterocycles. The molecule has 3 aromatic carbocycles. The van der Waals surface area contributed by atoms with Crippen LogP contribution in [0.4, 0.5) is 4.79 Å². The zero-order valence-electron chi connectivity index (χ0n) is 24.4. The molecule has 41 heavy (non-hydrogen) atoms. The van der Waals surface area contributed by atoms with Crippen molar-refractivity contribution < 1.29 is 28.1 Å². The van der Waals surface area contributed by atoms with E-state index in [-0.39, 0.29) is 25.3 Å². The number of rotatable bonds is 15. The molecule has 0 heterocycles. The lowest BCUT2D eigenvalue weighted by atomic mass is 10.2. The van der Waals surface area contributed by atoms with Crippen molar-refractivity contribution in [3.05, 3.63) is 108 Å². The van der Waals surface area contributed by atoms with E-state index in [1.165, 1.54) is 0 Å². The first kappa shape index (κ1) is 32.2. The second-order valence-electron chi connectivity index (χ2n) is 10.2. The van der Waals surface area contributed by atoms with E-state index in [1.807, 2.05) is 91.0 Å². The molecular weight excluding hydrogens is 539 g/mol. The monoisotopic (exact) mass is 580 g/mol. The smallest absolute Gasteiger partial charge is 0.408 e. The zero-order chi connectivity index (χ0) is 29.6. The van der Waals surface area contributed by atoms with E-state index in [1.54, 1.807) is 6.92 Å². The van der Waals surface area contributed by atoms with Gasteiger partial charge in [-0.25, -0.2) is 14.3 Å². The van der Waals surface area contributed by atoms with Crippen LogP contribution in [0.1, 0.15) is 51.3 Å². The zero-order valence-corrected chi connectivity index (χ0v) is 25.3. The molecule has 1 N–H and O–H groups in total. The second-order valence-corrected chi connectivity index (χ2v) is 11.6. The summed E-state index contributed by atoms with van der Waals surface area (Å²) in [6.07, 6.45) is -1.53. The molecule has 0 aliphatic rings. The van der Waals surface area contributed by atoms with Crippen LogP contribution in [0.25, 0.3) is 0 Å². The number of benzene rings is 3. The summed E-state index contributed by atoms with van der Waals surface area (Å²) in [5, 5.41) is 2.68. The predicted molar refractivity (Wildman–Crippen MR) is 161 cm³/mol. The fourth-order valence-corrected chi connectivity index (χ4v) is 5.83. The molecule has 9 heteroatoms. The minimum atomic E-state index is -1.61. The molecule has 0 radical (unpaired) electrons. The normalized spacial score (nSPS) is 13.6. The fraction of sp³-hybridized carbons (Fsp3) is 0.375. The summed E-state index contributed by atoms with van der Waals surface area (Å²) in [5.41, 5.74) is 2.67. The van der Waals surface area contributed by atoms with Crippen molar-refractivity contribution in [2.24, 2.45) is 0 Å². The Bertz CT molecular complexity index is 1170. The fourth-order valence-electron chi connectivity index (χ4n) is 4.11. The van der Waals surface area contributed by atoms with Crippen LogP contribution in [0.3, 0.4) is 0 Å². The Hall–Kier alpha value is -3.29. The van der Waals surface area contributed by atoms with Crippen LogP contribution in [0.5, 0.6) is 0 Å². The largest absolute Gasteiger partial charge is 0.459 e. The van der Waals surface area contributed by atoms with Crippen molar-refractivity contribution in [2.45, 2.75) is 78.7 Å². The summed E-state index contributed by atoms with van der Waals surface area (Å²) in [5.74, 6) is -0.628. The minimum Gasteiger partial charge on any atom is -0.459 e. The van der Waals surface area contributed by atoms with Gasteiger partial charge in [-0.3, -0.25) is 0 Å². The second kappa shape index (κ2) is 16.8. The van der Waals surface area contributed by atoms with Gasteiger partial charge in [0.15, 0.2) is 6.04 Å². The lowest BCUT2D eigenvalue weighted by Crippen LogP contribution is -2.49. The van der Waals surface area contributed by atoms with Gasteiger partial charge >= 0.3 is 12.1 Å². The molecule has 0 fully saturated rings. The first-order valence-corrected chi connectivity index (χ1v) is 15.0. The van der Waals surface area contributed by atoms with Crippen LogP contribution >= 0.6 is 8.53 Å². The Morgan fingerprint density at radius 1 is 0.683 bits per heavy atom. The molecule has 1 amide bonds.